The Balaban J connectivity index is 0.976. The van der Waals surface area contributed by atoms with Crippen molar-refractivity contribution in [3.05, 3.63) is 11.3 Å². The van der Waals surface area contributed by atoms with Gasteiger partial charge in [-0.15, -0.1) is 0 Å². The molecule has 8 aliphatic carbocycles. The fraction of sp³-hybridized carbons (Fsp3) is 0.925. The van der Waals surface area contributed by atoms with Crippen molar-refractivity contribution in [2.45, 2.75) is 161 Å². The predicted molar refractivity (Wildman–Crippen MR) is 171 cm³/mol. The van der Waals surface area contributed by atoms with Gasteiger partial charge in [0.05, 0.1) is 18.0 Å². The standard InChI is InChI=1S/C40H60O4/c1-36-16-14-30-26(28(36)9-11-33(36)41)7-5-24-19-32-23(21-38(24,30)3)13-18-40(44-32)22-39(4)25(20-35(40)43)6-8-27-29-10-12-34(42)37(29,2)17-15-31(27)39/h24-31,33-34,41-42H,5-22H2,1-4H3/t24-,25?,26?,27?,28-,29?,30?,31?,33?,34?,36-,37-,38-,39-,40?/m1/s1. The lowest BCUT2D eigenvalue weighted by Crippen LogP contribution is -2.61. The minimum Gasteiger partial charge on any atom is -0.484 e. The molecule has 7 saturated carbocycles. The first-order valence-corrected chi connectivity index (χ1v) is 19.2. The van der Waals surface area contributed by atoms with Crippen molar-refractivity contribution in [2.24, 2.45) is 69.0 Å². The van der Waals surface area contributed by atoms with E-state index in [1.165, 1.54) is 70.0 Å². The monoisotopic (exact) mass is 604 g/mol. The summed E-state index contributed by atoms with van der Waals surface area (Å²) in [6.07, 6.45) is 19.9. The number of ketones is 1. The van der Waals surface area contributed by atoms with E-state index in [0.29, 0.717) is 46.7 Å². The molecule has 9 rings (SSSR count). The highest BCUT2D eigenvalue weighted by atomic mass is 16.5. The molecule has 2 N–H and O–H groups in total. The quantitative estimate of drug-likeness (QED) is 0.291. The molecule has 0 aromatic heterocycles. The Morgan fingerprint density at radius 1 is 0.614 bits per heavy atom. The van der Waals surface area contributed by atoms with E-state index in [0.717, 1.165) is 63.2 Å². The lowest BCUT2D eigenvalue weighted by molar-refractivity contribution is -0.186. The van der Waals surface area contributed by atoms with Crippen molar-refractivity contribution in [2.75, 3.05) is 0 Å². The topological polar surface area (TPSA) is 66.8 Å². The molecule has 7 fully saturated rings. The fourth-order valence-corrected chi connectivity index (χ4v) is 15.6. The van der Waals surface area contributed by atoms with Crippen molar-refractivity contribution in [3.8, 4) is 0 Å². The van der Waals surface area contributed by atoms with Crippen LogP contribution in [0.5, 0.6) is 0 Å². The van der Waals surface area contributed by atoms with Crippen molar-refractivity contribution < 1.29 is 19.7 Å². The van der Waals surface area contributed by atoms with Gasteiger partial charge in [-0.1, -0.05) is 27.7 Å². The van der Waals surface area contributed by atoms with Crippen LogP contribution in [0.3, 0.4) is 0 Å². The molecule has 0 saturated heterocycles. The maximum absolute atomic E-state index is 14.2. The number of hydrogen-bond acceptors (Lipinski definition) is 4. The smallest absolute Gasteiger partial charge is 0.176 e. The number of ether oxygens (including phenoxy) is 1. The minimum absolute atomic E-state index is 0.0978. The molecule has 9 unspecified atom stereocenters. The normalized spacial score (nSPS) is 59.5. The van der Waals surface area contributed by atoms with Crippen LogP contribution in [0.2, 0.25) is 0 Å². The Morgan fingerprint density at radius 2 is 1.16 bits per heavy atom. The highest BCUT2D eigenvalue weighted by Crippen LogP contribution is 2.70. The number of hydrogen-bond donors (Lipinski definition) is 2. The van der Waals surface area contributed by atoms with Gasteiger partial charge in [0.2, 0.25) is 0 Å². The summed E-state index contributed by atoms with van der Waals surface area (Å²) in [5, 5.41) is 21.9. The largest absolute Gasteiger partial charge is 0.484 e. The van der Waals surface area contributed by atoms with Gasteiger partial charge in [0, 0.05) is 19.3 Å². The molecule has 4 heteroatoms. The summed E-state index contributed by atoms with van der Waals surface area (Å²) in [6.45, 7) is 9.99. The lowest BCUT2D eigenvalue weighted by Gasteiger charge is -2.63. The molecule has 1 aliphatic heterocycles. The van der Waals surface area contributed by atoms with E-state index in [9.17, 15) is 15.0 Å². The van der Waals surface area contributed by atoms with Crippen molar-refractivity contribution in [3.63, 3.8) is 0 Å². The Labute approximate surface area is 266 Å². The molecule has 0 aromatic rings. The summed E-state index contributed by atoms with van der Waals surface area (Å²) < 4.78 is 7.24. The zero-order chi connectivity index (χ0) is 30.4. The van der Waals surface area contributed by atoms with Crippen LogP contribution in [-0.2, 0) is 9.53 Å². The van der Waals surface area contributed by atoms with Crippen LogP contribution in [0.15, 0.2) is 11.3 Å². The van der Waals surface area contributed by atoms with Gasteiger partial charge in [-0.05, 0) is 171 Å². The van der Waals surface area contributed by atoms with Gasteiger partial charge in [-0.3, -0.25) is 4.79 Å². The van der Waals surface area contributed by atoms with Gasteiger partial charge >= 0.3 is 0 Å². The molecule has 0 aromatic carbocycles. The molecule has 1 spiro atoms. The SMILES string of the molecule is C[C@@]12CCC3C(CCC4CC(=O)C5(CCC6=C(C[C@H]7CCC8C(CC[C@@]9(C)C(O)CC[C@H]89)[C@]7(C)C6)O5)C[C@]43C)C1CCC2O. The van der Waals surface area contributed by atoms with Gasteiger partial charge in [0.1, 0.15) is 0 Å². The molecule has 0 amide bonds. The second-order valence-electron chi connectivity index (χ2n) is 19.4. The number of carbonyl (C=O) groups excluding carboxylic acids is 1. The Hall–Kier alpha value is -0.870. The molecule has 244 valence electrons. The van der Waals surface area contributed by atoms with Crippen LogP contribution < -0.4 is 0 Å². The molecule has 15 atom stereocenters. The molecular formula is C40H60O4. The van der Waals surface area contributed by atoms with E-state index in [4.69, 9.17) is 4.74 Å². The molecule has 0 bridgehead atoms. The first kappa shape index (κ1) is 29.3. The molecule has 4 nitrogen and oxygen atoms in total. The molecule has 44 heavy (non-hydrogen) atoms. The third-order valence-electron chi connectivity index (χ3n) is 18.2. The minimum atomic E-state index is -0.598. The average molecular weight is 605 g/mol. The zero-order valence-corrected chi connectivity index (χ0v) is 28.2. The highest BCUT2D eigenvalue weighted by Gasteiger charge is 2.66. The number of Topliss-reactive ketones (excluding diaryl/α,β-unsaturated/α-hetero) is 1. The van der Waals surface area contributed by atoms with Crippen LogP contribution in [0.1, 0.15) is 143 Å². The summed E-state index contributed by atoms with van der Waals surface area (Å²) in [4.78, 5) is 14.2. The third kappa shape index (κ3) is 3.63. The van der Waals surface area contributed by atoms with Crippen LogP contribution >= 0.6 is 0 Å². The summed E-state index contributed by atoms with van der Waals surface area (Å²) >= 11 is 0. The zero-order valence-electron chi connectivity index (χ0n) is 28.2. The molecular weight excluding hydrogens is 544 g/mol. The van der Waals surface area contributed by atoms with Crippen molar-refractivity contribution >= 4 is 5.78 Å². The van der Waals surface area contributed by atoms with Gasteiger partial charge < -0.3 is 14.9 Å². The van der Waals surface area contributed by atoms with E-state index in [2.05, 4.69) is 27.7 Å². The van der Waals surface area contributed by atoms with Crippen LogP contribution in [0, 0.1) is 69.0 Å². The maximum Gasteiger partial charge on any atom is 0.176 e. The number of carbonyl (C=O) groups is 1. The summed E-state index contributed by atoms with van der Waals surface area (Å²) in [7, 11) is 0. The average Bonchev–Trinajstić information content (AvgIpc) is 3.47. The van der Waals surface area contributed by atoms with Crippen LogP contribution in [0.4, 0.5) is 0 Å². The van der Waals surface area contributed by atoms with E-state index in [-0.39, 0.29) is 28.5 Å². The molecule has 0 radical (unpaired) electrons. The lowest BCUT2D eigenvalue weighted by atomic mass is 9.43. The first-order chi connectivity index (χ1) is 20.9. The summed E-state index contributed by atoms with van der Waals surface area (Å²) in [5.74, 6) is 7.12. The Bertz CT molecular complexity index is 1270. The molecule has 1 heterocycles. The maximum atomic E-state index is 14.2. The number of fused-ring (bicyclic) bond motifs is 10. The summed E-state index contributed by atoms with van der Waals surface area (Å²) in [5.41, 5.74) is 1.73. The van der Waals surface area contributed by atoms with Crippen molar-refractivity contribution in [1.82, 2.24) is 0 Å². The second-order valence-corrected chi connectivity index (χ2v) is 19.4. The Kier molecular flexibility index (Phi) is 6.25. The van der Waals surface area contributed by atoms with E-state index < -0.39 is 5.60 Å². The van der Waals surface area contributed by atoms with Gasteiger partial charge in [-0.25, -0.2) is 0 Å². The number of aliphatic hydroxyl groups is 2. The van der Waals surface area contributed by atoms with Crippen LogP contribution in [-0.4, -0.2) is 33.8 Å². The molecule has 9 aliphatic rings. The van der Waals surface area contributed by atoms with E-state index in [1.807, 2.05) is 0 Å². The highest BCUT2D eigenvalue weighted by molar-refractivity contribution is 5.89. The van der Waals surface area contributed by atoms with E-state index >= 15 is 0 Å². The second kappa shape index (κ2) is 9.39. The predicted octanol–water partition coefficient (Wildman–Crippen LogP) is 8.39. The fourth-order valence-electron chi connectivity index (χ4n) is 15.6. The van der Waals surface area contributed by atoms with E-state index in [1.54, 1.807) is 5.57 Å². The van der Waals surface area contributed by atoms with Gasteiger partial charge in [0.25, 0.3) is 0 Å². The summed E-state index contributed by atoms with van der Waals surface area (Å²) in [6, 6.07) is 0. The Morgan fingerprint density at radius 3 is 1.77 bits per heavy atom. The van der Waals surface area contributed by atoms with Crippen molar-refractivity contribution in [1.29, 1.82) is 0 Å². The van der Waals surface area contributed by atoms with Gasteiger partial charge in [0.15, 0.2) is 11.4 Å². The number of rotatable bonds is 0. The first-order valence-electron chi connectivity index (χ1n) is 19.2. The number of aliphatic hydroxyl groups excluding tert-OH is 2. The number of allylic oxidation sites excluding steroid dienone is 2. The van der Waals surface area contributed by atoms with Gasteiger partial charge in [-0.2, -0.15) is 0 Å². The third-order valence-corrected chi connectivity index (χ3v) is 18.2. The van der Waals surface area contributed by atoms with Crippen LogP contribution in [0.25, 0.3) is 0 Å².